The zero-order valence-corrected chi connectivity index (χ0v) is 10.2. The molecule has 2 rings (SSSR count). The molecular weight excluding hydrogens is 242 g/mol. The van der Waals surface area contributed by atoms with Crippen LogP contribution in [-0.2, 0) is 5.72 Å². The Bertz CT molecular complexity index is 403. The Labute approximate surface area is 106 Å². The minimum Gasteiger partial charge on any atom is -0.508 e. The van der Waals surface area contributed by atoms with E-state index in [0.717, 1.165) is 12.8 Å². The molecule has 0 aliphatic carbocycles. The van der Waals surface area contributed by atoms with Crippen molar-refractivity contribution in [3.05, 3.63) is 29.3 Å². The molecule has 0 spiro atoms. The topological polar surface area (TPSA) is 69.6 Å². The number of piperidine rings is 1. The van der Waals surface area contributed by atoms with Crippen LogP contribution < -0.4 is 5.32 Å². The minimum atomic E-state index is -1.21. The van der Waals surface area contributed by atoms with Crippen molar-refractivity contribution in [2.75, 3.05) is 6.54 Å². The van der Waals surface area contributed by atoms with Gasteiger partial charge < -0.3 is 10.2 Å². The summed E-state index contributed by atoms with van der Waals surface area (Å²) >= 11 is 0. The van der Waals surface area contributed by atoms with Crippen LogP contribution in [-0.4, -0.2) is 23.0 Å². The average Bonchev–Trinajstić information content (AvgIpc) is 2.30. The lowest BCUT2D eigenvalue weighted by atomic mass is 9.91. The van der Waals surface area contributed by atoms with Crippen LogP contribution in [0, 0.1) is 0 Å². The van der Waals surface area contributed by atoms with Crippen LogP contribution in [0.15, 0.2) is 18.2 Å². The Kier molecular flexibility index (Phi) is 4.51. The van der Waals surface area contributed by atoms with E-state index in [9.17, 15) is 15.0 Å². The van der Waals surface area contributed by atoms with E-state index in [1.165, 1.54) is 18.2 Å². The number of hydrogen-bond donors (Lipinski definition) is 3. The van der Waals surface area contributed by atoms with Gasteiger partial charge in [-0.2, -0.15) is 0 Å². The lowest BCUT2D eigenvalue weighted by Gasteiger charge is -2.34. The van der Waals surface area contributed by atoms with Crippen molar-refractivity contribution in [1.29, 1.82) is 0 Å². The van der Waals surface area contributed by atoms with Crippen molar-refractivity contribution in [1.82, 2.24) is 5.32 Å². The normalized spacial score (nSPS) is 23.8. The third kappa shape index (κ3) is 2.77. The number of aliphatic hydroxyl groups is 1. The van der Waals surface area contributed by atoms with Crippen LogP contribution >= 0.6 is 12.4 Å². The first-order chi connectivity index (χ1) is 7.65. The van der Waals surface area contributed by atoms with Gasteiger partial charge in [-0.05, 0) is 44.0 Å². The van der Waals surface area contributed by atoms with E-state index in [0.29, 0.717) is 30.4 Å². The molecule has 1 heterocycles. The number of halogens is 1. The van der Waals surface area contributed by atoms with Crippen LogP contribution in [0.2, 0.25) is 0 Å². The number of aldehydes is 1. The Morgan fingerprint density at radius 1 is 1.35 bits per heavy atom. The number of carbonyl (C=O) groups excluding carboxylic acids is 1. The molecule has 1 fully saturated rings. The lowest BCUT2D eigenvalue weighted by Crippen LogP contribution is -2.45. The number of phenols is 1. The number of carbonyl (C=O) groups is 1. The SMILES string of the molecule is Cl.O=Cc1ccc(O)c([C@]2(O)CCCCN2)c1. The monoisotopic (exact) mass is 257 g/mol. The van der Waals surface area contributed by atoms with Gasteiger partial charge in [0.15, 0.2) is 0 Å². The summed E-state index contributed by atoms with van der Waals surface area (Å²) in [5, 5.41) is 23.1. The van der Waals surface area contributed by atoms with Gasteiger partial charge >= 0.3 is 0 Å². The summed E-state index contributed by atoms with van der Waals surface area (Å²) in [5.41, 5.74) is -0.369. The van der Waals surface area contributed by atoms with Gasteiger partial charge in [-0.3, -0.25) is 10.1 Å². The van der Waals surface area contributed by atoms with Gasteiger partial charge in [0.2, 0.25) is 0 Å². The molecule has 1 aliphatic rings. The molecule has 0 unspecified atom stereocenters. The Morgan fingerprint density at radius 3 is 2.71 bits per heavy atom. The number of rotatable bonds is 2. The molecule has 0 saturated carbocycles. The van der Waals surface area contributed by atoms with Crippen molar-refractivity contribution in [3.8, 4) is 5.75 Å². The molecule has 0 bridgehead atoms. The third-order valence-electron chi connectivity index (χ3n) is 2.99. The van der Waals surface area contributed by atoms with E-state index in [4.69, 9.17) is 0 Å². The molecular formula is C12H16ClNO3. The third-order valence-corrected chi connectivity index (χ3v) is 2.99. The quantitative estimate of drug-likeness (QED) is 0.703. The summed E-state index contributed by atoms with van der Waals surface area (Å²) in [6.07, 6.45) is 3.16. The van der Waals surface area contributed by atoms with Crippen LogP contribution in [0.3, 0.4) is 0 Å². The lowest BCUT2D eigenvalue weighted by molar-refractivity contribution is -0.0258. The molecule has 1 atom stereocenters. The standard InChI is InChI=1S/C12H15NO3.ClH/c14-8-9-3-4-11(15)10(7-9)12(16)5-1-2-6-13-12;/h3-4,7-8,13,15-16H,1-2,5-6H2;1H/t12-;/m1./s1. The number of hydrogen-bond acceptors (Lipinski definition) is 4. The van der Waals surface area contributed by atoms with Gasteiger partial charge in [0.05, 0.1) is 0 Å². The molecule has 0 aromatic heterocycles. The van der Waals surface area contributed by atoms with Gasteiger partial charge in [0, 0.05) is 11.1 Å². The van der Waals surface area contributed by atoms with E-state index in [2.05, 4.69) is 5.32 Å². The highest BCUT2D eigenvalue weighted by atomic mass is 35.5. The van der Waals surface area contributed by atoms with Crippen molar-refractivity contribution in [2.45, 2.75) is 25.0 Å². The second-order valence-corrected chi connectivity index (χ2v) is 4.14. The van der Waals surface area contributed by atoms with E-state index < -0.39 is 5.72 Å². The van der Waals surface area contributed by atoms with E-state index in [-0.39, 0.29) is 18.2 Å². The van der Waals surface area contributed by atoms with Gasteiger partial charge in [-0.1, -0.05) is 0 Å². The van der Waals surface area contributed by atoms with E-state index in [1.807, 2.05) is 0 Å². The molecule has 1 saturated heterocycles. The highest BCUT2D eigenvalue weighted by Gasteiger charge is 2.33. The van der Waals surface area contributed by atoms with Gasteiger partial charge in [-0.25, -0.2) is 0 Å². The minimum absolute atomic E-state index is 0. The van der Waals surface area contributed by atoms with Gasteiger partial charge in [-0.15, -0.1) is 12.4 Å². The first-order valence-electron chi connectivity index (χ1n) is 5.42. The molecule has 0 amide bonds. The number of nitrogens with one attached hydrogen (secondary N) is 1. The highest BCUT2D eigenvalue weighted by molar-refractivity contribution is 5.85. The van der Waals surface area contributed by atoms with Crippen LogP contribution in [0.4, 0.5) is 0 Å². The average molecular weight is 258 g/mol. The molecule has 1 aliphatic heterocycles. The predicted molar refractivity (Wildman–Crippen MR) is 66.5 cm³/mol. The first kappa shape index (κ1) is 14.0. The Morgan fingerprint density at radius 2 is 2.12 bits per heavy atom. The summed E-state index contributed by atoms with van der Waals surface area (Å²) < 4.78 is 0. The first-order valence-corrected chi connectivity index (χ1v) is 5.42. The summed E-state index contributed by atoms with van der Waals surface area (Å²) in [5.74, 6) is 0.0162. The van der Waals surface area contributed by atoms with E-state index in [1.54, 1.807) is 0 Å². The second kappa shape index (κ2) is 5.49. The fourth-order valence-corrected chi connectivity index (χ4v) is 2.08. The fourth-order valence-electron chi connectivity index (χ4n) is 2.08. The van der Waals surface area contributed by atoms with Crippen LogP contribution in [0.5, 0.6) is 5.75 Å². The maximum absolute atomic E-state index is 10.7. The maximum Gasteiger partial charge on any atom is 0.150 e. The van der Waals surface area contributed by atoms with Crippen molar-refractivity contribution in [3.63, 3.8) is 0 Å². The zero-order chi connectivity index (χ0) is 11.6. The van der Waals surface area contributed by atoms with Crippen molar-refractivity contribution < 1.29 is 15.0 Å². The number of phenolic OH excluding ortho intramolecular Hbond substituents is 1. The van der Waals surface area contributed by atoms with Crippen molar-refractivity contribution >= 4 is 18.7 Å². The number of aromatic hydroxyl groups is 1. The summed E-state index contributed by atoms with van der Waals surface area (Å²) in [4.78, 5) is 10.7. The van der Waals surface area contributed by atoms with Crippen LogP contribution in [0.25, 0.3) is 0 Å². The van der Waals surface area contributed by atoms with Crippen molar-refractivity contribution in [2.24, 2.45) is 0 Å². The smallest absolute Gasteiger partial charge is 0.150 e. The largest absolute Gasteiger partial charge is 0.508 e. The molecule has 17 heavy (non-hydrogen) atoms. The molecule has 0 radical (unpaired) electrons. The summed E-state index contributed by atoms with van der Waals surface area (Å²) in [6.45, 7) is 0.710. The van der Waals surface area contributed by atoms with Gasteiger partial charge in [0.25, 0.3) is 0 Å². The molecule has 4 nitrogen and oxygen atoms in total. The molecule has 3 N–H and O–H groups in total. The molecule has 1 aromatic carbocycles. The van der Waals surface area contributed by atoms with Gasteiger partial charge in [0.1, 0.15) is 17.8 Å². The second-order valence-electron chi connectivity index (χ2n) is 4.14. The fraction of sp³-hybridized carbons (Fsp3) is 0.417. The Hall–Kier alpha value is -1.10. The van der Waals surface area contributed by atoms with E-state index >= 15 is 0 Å². The highest BCUT2D eigenvalue weighted by Crippen LogP contribution is 2.33. The molecule has 5 heteroatoms. The van der Waals surface area contributed by atoms with Crippen LogP contribution in [0.1, 0.15) is 35.2 Å². The predicted octanol–water partition coefficient (Wildman–Crippen LogP) is 1.55. The summed E-state index contributed by atoms with van der Waals surface area (Å²) in [7, 11) is 0. The maximum atomic E-state index is 10.7. The number of benzene rings is 1. The Balaban J connectivity index is 0.00000144. The molecule has 94 valence electrons. The zero-order valence-electron chi connectivity index (χ0n) is 9.35. The molecule has 1 aromatic rings. The summed E-state index contributed by atoms with van der Waals surface area (Å²) in [6, 6.07) is 4.49.